The van der Waals surface area contributed by atoms with E-state index >= 15 is 0 Å². The standard InChI is InChI=1S/C78H136N4/c1-7-19-67(20-8-1)79(68-21-9-2-10-22-68)73-47-39-63(40-48-73)65-43-55-77(56-44-65)81(71-27-15-5-16-28-71)75-51-35-61(36-52-75)59-31-33-60(34-32-59)62-37-53-76(54-38-62)82(72-29-17-6-18-30-72)78-57-45-66(46-58-78)64-41-49-74(50-42-64)80(69-23-11-3-12-24-69)70-25-13-4-14-26-70/h59-78H,1-58H2. The maximum atomic E-state index is 3.33. The van der Waals surface area contributed by atoms with Gasteiger partial charge in [-0.25, -0.2) is 0 Å². The molecule has 0 spiro atoms. The van der Waals surface area contributed by atoms with Crippen LogP contribution in [-0.4, -0.2) is 92.1 Å². The first-order valence-corrected chi connectivity index (χ1v) is 39.8. The molecule has 0 aromatic carbocycles. The smallest absolute Gasteiger partial charge is 0.0101 e. The van der Waals surface area contributed by atoms with Crippen molar-refractivity contribution < 1.29 is 0 Å². The number of hydrogen-bond donors (Lipinski definition) is 0. The Morgan fingerprint density at radius 2 is 0.195 bits per heavy atom. The summed E-state index contributed by atoms with van der Waals surface area (Å²) in [6, 6.07) is 11.0. The molecule has 0 N–H and O–H groups in total. The molecule has 0 amide bonds. The van der Waals surface area contributed by atoms with E-state index in [0.717, 1.165) is 120 Å². The SMILES string of the molecule is C1CCC(N(C2CCCCC2)C2CCC(C3CCC(N(C4CCCCC4)C4CCC(C5CCC(C6CCC(N(C7CCCCC7)C7CCC(C8CCC(N(C9CCCCC9)C9CCCCC9)CC8)CC7)CC6)CC5)CC4)CC3)CC2)CC1. The van der Waals surface area contributed by atoms with Crippen LogP contribution in [0.3, 0.4) is 0 Å². The van der Waals surface area contributed by atoms with Crippen molar-refractivity contribution in [1.29, 1.82) is 0 Å². The van der Waals surface area contributed by atoms with E-state index in [0.29, 0.717) is 0 Å². The zero-order valence-corrected chi connectivity index (χ0v) is 54.3. The van der Waals surface area contributed by atoms with Crippen LogP contribution in [-0.2, 0) is 0 Å². The lowest BCUT2D eigenvalue weighted by Gasteiger charge is -2.51. The summed E-state index contributed by atoms with van der Waals surface area (Å²) in [5.74, 6) is 8.40. The van der Waals surface area contributed by atoms with E-state index in [2.05, 4.69) is 19.6 Å². The highest BCUT2D eigenvalue weighted by atomic mass is 15.2. The van der Waals surface area contributed by atoms with Crippen LogP contribution in [0.15, 0.2) is 0 Å². The van der Waals surface area contributed by atoms with Crippen molar-refractivity contribution in [2.75, 3.05) is 0 Å². The molecule has 13 aliphatic carbocycles. The normalized spacial score (nSPS) is 40.7. The monoisotopic (exact) mass is 1130 g/mol. The van der Waals surface area contributed by atoms with Crippen LogP contribution in [0, 0.1) is 47.3 Å². The van der Waals surface area contributed by atoms with Gasteiger partial charge in [0.05, 0.1) is 0 Å². The predicted octanol–water partition coefficient (Wildman–Crippen LogP) is 21.3. The summed E-state index contributed by atoms with van der Waals surface area (Å²) in [7, 11) is 0. The molecule has 4 heteroatoms. The Morgan fingerprint density at radius 3 is 0.317 bits per heavy atom. The van der Waals surface area contributed by atoms with Crippen molar-refractivity contribution in [3.8, 4) is 0 Å². The first kappa shape index (κ1) is 60.7. The Bertz CT molecular complexity index is 1590. The second-order valence-electron chi connectivity index (χ2n) is 33.6. The molecule has 468 valence electrons. The van der Waals surface area contributed by atoms with E-state index in [1.165, 1.54) is 218 Å². The molecule has 13 aliphatic rings. The van der Waals surface area contributed by atoms with Crippen LogP contribution >= 0.6 is 0 Å². The minimum absolute atomic E-state index is 0.911. The first-order chi connectivity index (χ1) is 40.7. The third-order valence-electron chi connectivity index (χ3n) is 29.4. The third-order valence-corrected chi connectivity index (χ3v) is 29.4. The van der Waals surface area contributed by atoms with Crippen LogP contribution in [0.1, 0.15) is 372 Å². The summed E-state index contributed by atoms with van der Waals surface area (Å²) in [5, 5.41) is 0. The summed E-state index contributed by atoms with van der Waals surface area (Å²) < 4.78 is 0. The fourth-order valence-electron chi connectivity index (χ4n) is 25.2. The highest BCUT2D eigenvalue weighted by Gasteiger charge is 2.45. The van der Waals surface area contributed by atoms with Crippen molar-refractivity contribution in [1.82, 2.24) is 19.6 Å². The molecule has 4 nitrogen and oxygen atoms in total. The van der Waals surface area contributed by atoms with Crippen LogP contribution in [0.25, 0.3) is 0 Å². The van der Waals surface area contributed by atoms with Gasteiger partial charge in [0.15, 0.2) is 0 Å². The Labute approximate surface area is 509 Å². The second-order valence-corrected chi connectivity index (χ2v) is 33.6. The summed E-state index contributed by atoms with van der Waals surface area (Å²) in [6.07, 6.45) is 89.1. The van der Waals surface area contributed by atoms with Gasteiger partial charge in [0.25, 0.3) is 0 Å². The van der Waals surface area contributed by atoms with Crippen LogP contribution in [0.2, 0.25) is 0 Å². The number of hydrogen-bond acceptors (Lipinski definition) is 4. The molecule has 13 fully saturated rings. The number of nitrogens with zero attached hydrogens (tertiary/aromatic N) is 4. The molecule has 0 aliphatic heterocycles. The quantitative estimate of drug-likeness (QED) is 0.153. The van der Waals surface area contributed by atoms with Gasteiger partial charge in [0, 0.05) is 72.5 Å². The average molecular weight is 1130 g/mol. The van der Waals surface area contributed by atoms with Crippen molar-refractivity contribution in [3.63, 3.8) is 0 Å². The lowest BCUT2D eigenvalue weighted by molar-refractivity contribution is -0.0139. The van der Waals surface area contributed by atoms with Crippen LogP contribution in [0.5, 0.6) is 0 Å². The number of rotatable bonds is 16. The van der Waals surface area contributed by atoms with Crippen molar-refractivity contribution in [2.24, 2.45) is 47.3 Å². The highest BCUT2D eigenvalue weighted by molar-refractivity contribution is 5.00. The van der Waals surface area contributed by atoms with Gasteiger partial charge in [-0.3, -0.25) is 19.6 Å². The molecule has 13 saturated carbocycles. The molecule has 0 aromatic rings. The Hall–Kier alpha value is -0.160. The average Bonchev–Trinajstić information content (AvgIpc) is 3.76. The largest absolute Gasteiger partial charge is 0.294 e. The minimum Gasteiger partial charge on any atom is -0.294 e. The summed E-state index contributed by atoms with van der Waals surface area (Å²) in [4.78, 5) is 13.1. The van der Waals surface area contributed by atoms with Gasteiger partial charge in [-0.05, 0) is 304 Å². The topological polar surface area (TPSA) is 13.0 Å². The fraction of sp³-hybridized carbons (Fsp3) is 1.00. The molecule has 0 bridgehead atoms. The first-order valence-electron chi connectivity index (χ1n) is 39.8. The van der Waals surface area contributed by atoms with E-state index in [-0.39, 0.29) is 0 Å². The van der Waals surface area contributed by atoms with Crippen molar-refractivity contribution in [2.45, 2.75) is 445 Å². The van der Waals surface area contributed by atoms with Crippen LogP contribution < -0.4 is 0 Å². The third kappa shape index (κ3) is 15.0. The molecule has 0 atom stereocenters. The maximum Gasteiger partial charge on any atom is 0.0101 e. The van der Waals surface area contributed by atoms with E-state index in [4.69, 9.17) is 0 Å². The van der Waals surface area contributed by atoms with Gasteiger partial charge in [-0.1, -0.05) is 116 Å². The lowest BCUT2D eigenvalue weighted by atomic mass is 9.65. The molecule has 0 unspecified atom stereocenters. The fourth-order valence-corrected chi connectivity index (χ4v) is 25.2. The molecule has 0 heterocycles. The molecule has 0 saturated heterocycles. The van der Waals surface area contributed by atoms with E-state index < -0.39 is 0 Å². The molecule has 0 aromatic heterocycles. The highest BCUT2D eigenvalue weighted by Crippen LogP contribution is 2.51. The minimum atomic E-state index is 0.911. The van der Waals surface area contributed by atoms with E-state index in [1.807, 2.05) is 0 Å². The molecular formula is C78H136N4. The van der Waals surface area contributed by atoms with Crippen molar-refractivity contribution in [3.05, 3.63) is 0 Å². The second kappa shape index (κ2) is 30.6. The molecule has 0 radical (unpaired) electrons. The summed E-state index contributed by atoms with van der Waals surface area (Å²) >= 11 is 0. The Balaban J connectivity index is 0.545. The van der Waals surface area contributed by atoms with Gasteiger partial charge < -0.3 is 0 Å². The molecule has 82 heavy (non-hydrogen) atoms. The zero-order valence-electron chi connectivity index (χ0n) is 54.3. The van der Waals surface area contributed by atoms with Crippen LogP contribution in [0.4, 0.5) is 0 Å². The van der Waals surface area contributed by atoms with E-state index in [9.17, 15) is 0 Å². The van der Waals surface area contributed by atoms with Gasteiger partial charge >= 0.3 is 0 Å². The van der Waals surface area contributed by atoms with Gasteiger partial charge in [0.1, 0.15) is 0 Å². The maximum absolute atomic E-state index is 3.33. The summed E-state index contributed by atoms with van der Waals surface area (Å²) in [6.45, 7) is 0. The molecule has 13 rings (SSSR count). The predicted molar refractivity (Wildman–Crippen MR) is 349 cm³/mol. The summed E-state index contributed by atoms with van der Waals surface area (Å²) in [5.41, 5.74) is 0. The van der Waals surface area contributed by atoms with Gasteiger partial charge in [-0.15, -0.1) is 0 Å². The molecular weight excluding hydrogens is 993 g/mol. The van der Waals surface area contributed by atoms with Crippen molar-refractivity contribution >= 4 is 0 Å². The van der Waals surface area contributed by atoms with E-state index in [1.54, 1.807) is 154 Å². The zero-order chi connectivity index (χ0) is 54.9. The lowest BCUT2D eigenvalue weighted by Crippen LogP contribution is -2.53. The Morgan fingerprint density at radius 1 is 0.0976 bits per heavy atom. The van der Waals surface area contributed by atoms with Gasteiger partial charge in [-0.2, -0.15) is 0 Å². The Kier molecular flexibility index (Phi) is 22.6. The van der Waals surface area contributed by atoms with Gasteiger partial charge in [0.2, 0.25) is 0 Å².